The fourth-order valence-corrected chi connectivity index (χ4v) is 3.40. The highest BCUT2D eigenvalue weighted by Crippen LogP contribution is 2.41. The van der Waals surface area contributed by atoms with E-state index in [9.17, 15) is 18.8 Å². The molecule has 1 unspecified atom stereocenters. The van der Waals surface area contributed by atoms with Crippen LogP contribution in [0.25, 0.3) is 0 Å². The van der Waals surface area contributed by atoms with Gasteiger partial charge < -0.3 is 9.64 Å². The smallest absolute Gasteiger partial charge is 0.343 e. The molecule has 3 rings (SSSR count). The van der Waals surface area contributed by atoms with E-state index in [4.69, 9.17) is 5.21 Å². The maximum Gasteiger partial charge on any atom is 0.343 e. The highest BCUT2D eigenvalue weighted by Gasteiger charge is 2.35. The Morgan fingerprint density at radius 3 is 2.76 bits per heavy atom. The van der Waals surface area contributed by atoms with E-state index in [1.807, 2.05) is 6.92 Å². The topological polar surface area (TPSA) is 95.9 Å². The Morgan fingerprint density at radius 1 is 1.40 bits per heavy atom. The molecule has 8 heteroatoms. The van der Waals surface area contributed by atoms with E-state index >= 15 is 0 Å². The van der Waals surface area contributed by atoms with Crippen molar-refractivity contribution < 1.29 is 28.7 Å². The van der Waals surface area contributed by atoms with E-state index < -0.39 is 23.7 Å². The maximum absolute atomic E-state index is 14.5. The maximum atomic E-state index is 14.5. The van der Waals surface area contributed by atoms with Gasteiger partial charge in [-0.05, 0) is 37.0 Å². The van der Waals surface area contributed by atoms with Gasteiger partial charge in [-0.25, -0.2) is 14.7 Å². The van der Waals surface area contributed by atoms with Crippen LogP contribution in [0.4, 0.5) is 10.1 Å². The van der Waals surface area contributed by atoms with Gasteiger partial charge in [0.05, 0.1) is 11.1 Å². The van der Waals surface area contributed by atoms with Gasteiger partial charge in [-0.2, -0.15) is 0 Å². The molecule has 0 aliphatic carbocycles. The zero-order valence-corrected chi connectivity index (χ0v) is 13.8. The Hall–Kier alpha value is -2.74. The van der Waals surface area contributed by atoms with E-state index in [0.717, 1.165) is 6.92 Å². The number of ether oxygens (including phenoxy) is 1. The van der Waals surface area contributed by atoms with E-state index in [0.29, 0.717) is 29.7 Å². The second-order valence-corrected chi connectivity index (χ2v) is 6.17. The number of benzene rings is 1. The lowest BCUT2D eigenvalue weighted by atomic mass is 9.85. The molecular formula is C17H17FN2O5. The molecule has 1 atom stereocenters. The summed E-state index contributed by atoms with van der Waals surface area (Å²) in [6.45, 7) is 3.08. The molecule has 1 amide bonds. The molecule has 25 heavy (non-hydrogen) atoms. The molecule has 1 aromatic carbocycles. The van der Waals surface area contributed by atoms with Crippen LogP contribution in [0.15, 0.2) is 17.8 Å². The molecule has 2 aliphatic rings. The Bertz CT molecular complexity index is 818. The van der Waals surface area contributed by atoms with Crippen molar-refractivity contribution in [2.75, 3.05) is 4.90 Å². The molecule has 0 aromatic heterocycles. The van der Waals surface area contributed by atoms with Crippen LogP contribution in [-0.2, 0) is 27.2 Å². The van der Waals surface area contributed by atoms with Gasteiger partial charge in [0, 0.05) is 31.3 Å². The third-order valence-corrected chi connectivity index (χ3v) is 4.48. The summed E-state index contributed by atoms with van der Waals surface area (Å²) in [5, 5.41) is 8.89. The van der Waals surface area contributed by atoms with Gasteiger partial charge >= 0.3 is 11.9 Å². The first-order valence-electron chi connectivity index (χ1n) is 7.84. The number of carbonyl (C=O) groups excluding carboxylic acids is 3. The van der Waals surface area contributed by atoms with Gasteiger partial charge in [0.2, 0.25) is 0 Å². The second-order valence-electron chi connectivity index (χ2n) is 6.17. The lowest BCUT2D eigenvalue weighted by Crippen LogP contribution is -2.38. The molecular weight excluding hydrogens is 331 g/mol. The minimum absolute atomic E-state index is 0.0159. The first-order valence-corrected chi connectivity index (χ1v) is 7.84. The summed E-state index contributed by atoms with van der Waals surface area (Å²) in [5.74, 6) is -3.16. The lowest BCUT2D eigenvalue weighted by molar-refractivity contribution is -0.155. The minimum Gasteiger partial charge on any atom is -0.390 e. The van der Waals surface area contributed by atoms with Crippen molar-refractivity contribution in [2.24, 2.45) is 0 Å². The van der Waals surface area contributed by atoms with Gasteiger partial charge in [-0.3, -0.25) is 14.8 Å². The number of nitrogens with one attached hydrogen (secondary N) is 1. The summed E-state index contributed by atoms with van der Waals surface area (Å²) in [6, 6.07) is 1.20. The van der Waals surface area contributed by atoms with Crippen molar-refractivity contribution in [1.29, 1.82) is 0 Å². The highest BCUT2D eigenvalue weighted by molar-refractivity contribution is 6.00. The number of halogens is 1. The quantitative estimate of drug-likeness (QED) is 0.365. The highest BCUT2D eigenvalue weighted by atomic mass is 19.1. The van der Waals surface area contributed by atoms with Crippen LogP contribution in [-0.4, -0.2) is 29.1 Å². The third kappa shape index (κ3) is 2.89. The third-order valence-electron chi connectivity index (χ3n) is 4.48. The number of nitrogens with zero attached hydrogens (tertiary/aromatic N) is 1. The largest absolute Gasteiger partial charge is 0.390 e. The van der Waals surface area contributed by atoms with Gasteiger partial charge in [0.1, 0.15) is 5.82 Å². The Kier molecular flexibility index (Phi) is 4.30. The number of carbonyl (C=O) groups is 3. The number of esters is 2. The van der Waals surface area contributed by atoms with Crippen LogP contribution in [0.5, 0.6) is 0 Å². The Balaban J connectivity index is 2.12. The van der Waals surface area contributed by atoms with Crippen LogP contribution in [0.1, 0.15) is 41.8 Å². The van der Waals surface area contributed by atoms with E-state index in [1.54, 1.807) is 11.1 Å². The van der Waals surface area contributed by atoms with E-state index in [-0.39, 0.29) is 23.6 Å². The summed E-state index contributed by atoms with van der Waals surface area (Å²) in [7, 11) is 0. The van der Waals surface area contributed by atoms with Gasteiger partial charge in [-0.15, -0.1) is 0 Å². The molecule has 0 spiro atoms. The number of hydroxylamine groups is 1. The fourth-order valence-electron chi connectivity index (χ4n) is 3.40. The monoisotopic (exact) mass is 348 g/mol. The molecule has 0 saturated carbocycles. The first-order chi connectivity index (χ1) is 11.8. The predicted molar refractivity (Wildman–Crippen MR) is 84.5 cm³/mol. The first kappa shape index (κ1) is 17.1. The van der Waals surface area contributed by atoms with E-state index in [2.05, 4.69) is 4.74 Å². The average molecular weight is 348 g/mol. The molecule has 132 valence electrons. The average Bonchev–Trinajstić information content (AvgIpc) is 2.56. The predicted octanol–water partition coefficient (Wildman–Crippen LogP) is 1.62. The lowest BCUT2D eigenvalue weighted by Gasteiger charge is -2.39. The van der Waals surface area contributed by atoms with Crippen LogP contribution >= 0.6 is 0 Å². The van der Waals surface area contributed by atoms with E-state index in [1.165, 1.54) is 11.5 Å². The summed E-state index contributed by atoms with van der Waals surface area (Å²) in [4.78, 5) is 36.7. The van der Waals surface area contributed by atoms with Gasteiger partial charge in [0.15, 0.2) is 0 Å². The number of hydrogen-bond acceptors (Lipinski definition) is 6. The molecule has 2 aliphatic heterocycles. The summed E-state index contributed by atoms with van der Waals surface area (Å²) in [5.41, 5.74) is 3.22. The van der Waals surface area contributed by atoms with Crippen molar-refractivity contribution in [1.82, 2.24) is 5.48 Å². The molecule has 0 saturated heterocycles. The molecule has 2 N–H and O–H groups in total. The van der Waals surface area contributed by atoms with Crippen molar-refractivity contribution in [3.63, 3.8) is 0 Å². The number of hydrogen-bond donors (Lipinski definition) is 2. The van der Waals surface area contributed by atoms with Crippen molar-refractivity contribution in [3.8, 4) is 0 Å². The molecule has 2 heterocycles. The van der Waals surface area contributed by atoms with Crippen molar-refractivity contribution in [3.05, 3.63) is 40.3 Å². The van der Waals surface area contributed by atoms with Crippen LogP contribution in [0.3, 0.4) is 0 Å². The molecule has 0 bridgehead atoms. The van der Waals surface area contributed by atoms with Crippen molar-refractivity contribution in [2.45, 2.75) is 39.2 Å². The molecule has 7 nitrogen and oxygen atoms in total. The van der Waals surface area contributed by atoms with Crippen LogP contribution in [0.2, 0.25) is 0 Å². The van der Waals surface area contributed by atoms with Gasteiger partial charge in [0.25, 0.3) is 5.91 Å². The standard InChI is InChI=1S/C17H17FN2O5/c1-8-3-4-12-14(16(22)19-24)13(18)6-10-5-11(7-20(8)15(10)12)17(23)25-9(2)21/h6-8,24H,3-5H2,1-2H3,(H,19,22). The normalized spacial score (nSPS) is 18.2. The summed E-state index contributed by atoms with van der Waals surface area (Å²) in [6.07, 6.45) is 2.78. The van der Waals surface area contributed by atoms with Crippen molar-refractivity contribution >= 4 is 23.5 Å². The zero-order chi connectivity index (χ0) is 18.3. The summed E-state index contributed by atoms with van der Waals surface area (Å²) >= 11 is 0. The second kappa shape index (κ2) is 6.29. The Labute approximate surface area is 143 Å². The fraction of sp³-hybridized carbons (Fsp3) is 0.353. The summed E-state index contributed by atoms with van der Waals surface area (Å²) < 4.78 is 19.1. The molecule has 0 radical (unpaired) electrons. The SMILES string of the molecule is CC(=O)OC(=O)C1=CN2c3c(cc(F)c(C(=O)NO)c3CCC2C)C1. The zero-order valence-electron chi connectivity index (χ0n) is 13.8. The van der Waals surface area contributed by atoms with Crippen LogP contribution < -0.4 is 10.4 Å². The Morgan fingerprint density at radius 2 is 2.12 bits per heavy atom. The van der Waals surface area contributed by atoms with Crippen LogP contribution in [0, 0.1) is 5.82 Å². The molecule has 0 fully saturated rings. The number of amides is 1. The number of anilines is 1. The van der Waals surface area contributed by atoms with Gasteiger partial charge in [-0.1, -0.05) is 0 Å². The minimum atomic E-state index is -0.907. The number of rotatable bonds is 2. The molecule has 1 aromatic rings.